The van der Waals surface area contributed by atoms with Gasteiger partial charge in [-0.1, -0.05) is 6.07 Å². The number of aromatic nitrogens is 4. The minimum Gasteiger partial charge on any atom is -0.338 e. The first-order valence-electron chi connectivity index (χ1n) is 10.3. The highest BCUT2D eigenvalue weighted by molar-refractivity contribution is 7.12. The second-order valence-electron chi connectivity index (χ2n) is 7.51. The number of carbonyl (C=O) groups excluding carboxylic acids is 1. The molecule has 4 aromatic heterocycles. The maximum absolute atomic E-state index is 12.7. The van der Waals surface area contributed by atoms with Gasteiger partial charge in [0.05, 0.1) is 10.6 Å². The van der Waals surface area contributed by atoms with E-state index in [2.05, 4.69) is 15.0 Å². The van der Waals surface area contributed by atoms with Gasteiger partial charge < -0.3 is 4.90 Å². The van der Waals surface area contributed by atoms with Gasteiger partial charge in [0, 0.05) is 61.1 Å². The monoisotopic (exact) mass is 427 g/mol. The fourth-order valence-corrected chi connectivity index (χ4v) is 4.70. The molecule has 0 spiro atoms. The second-order valence-corrected chi connectivity index (χ2v) is 8.46. The number of nitrogens with zero attached hydrogens (tertiary/aromatic N) is 5. The first-order chi connectivity index (χ1) is 15.3. The van der Waals surface area contributed by atoms with Gasteiger partial charge in [-0.3, -0.25) is 14.8 Å². The molecule has 0 radical (unpaired) electrons. The zero-order chi connectivity index (χ0) is 21.0. The first-order valence-corrected chi connectivity index (χ1v) is 11.2. The predicted octanol–water partition coefficient (Wildman–Crippen LogP) is 4.68. The number of pyridine rings is 2. The zero-order valence-corrected chi connectivity index (χ0v) is 17.7. The summed E-state index contributed by atoms with van der Waals surface area (Å²) in [6, 6.07) is 11.7. The number of carbonyl (C=O) groups is 1. The summed E-state index contributed by atoms with van der Waals surface area (Å²) in [5.41, 5.74) is 4.01. The van der Waals surface area contributed by atoms with E-state index in [1.54, 1.807) is 24.8 Å². The number of hydrogen-bond donors (Lipinski definition) is 0. The van der Waals surface area contributed by atoms with Crippen LogP contribution >= 0.6 is 11.3 Å². The number of likely N-dealkylation sites (tertiary alicyclic amines) is 1. The van der Waals surface area contributed by atoms with E-state index >= 15 is 0 Å². The molecular weight excluding hydrogens is 406 g/mol. The molecule has 0 aromatic carbocycles. The lowest BCUT2D eigenvalue weighted by Crippen LogP contribution is -2.37. The van der Waals surface area contributed by atoms with E-state index in [-0.39, 0.29) is 11.8 Å². The Morgan fingerprint density at radius 3 is 2.48 bits per heavy atom. The van der Waals surface area contributed by atoms with Crippen LogP contribution in [0.3, 0.4) is 0 Å². The summed E-state index contributed by atoms with van der Waals surface area (Å²) < 4.78 is 0. The maximum atomic E-state index is 12.7. The van der Waals surface area contributed by atoms with Crippen molar-refractivity contribution in [3.63, 3.8) is 0 Å². The van der Waals surface area contributed by atoms with Crippen LogP contribution in [0.25, 0.3) is 22.5 Å². The minimum atomic E-state index is 0.126. The van der Waals surface area contributed by atoms with Gasteiger partial charge in [0.2, 0.25) is 0 Å². The predicted molar refractivity (Wildman–Crippen MR) is 121 cm³/mol. The summed E-state index contributed by atoms with van der Waals surface area (Å²) in [5, 5.41) is 1.95. The quantitative estimate of drug-likeness (QED) is 0.473. The summed E-state index contributed by atoms with van der Waals surface area (Å²) in [7, 11) is 0. The summed E-state index contributed by atoms with van der Waals surface area (Å²) in [4.78, 5) is 33.4. The average Bonchev–Trinajstić information content (AvgIpc) is 3.40. The van der Waals surface area contributed by atoms with E-state index in [9.17, 15) is 4.79 Å². The molecule has 4 aromatic rings. The largest absolute Gasteiger partial charge is 0.338 e. The van der Waals surface area contributed by atoms with E-state index in [0.29, 0.717) is 5.82 Å². The van der Waals surface area contributed by atoms with Gasteiger partial charge in [0.15, 0.2) is 5.82 Å². The average molecular weight is 428 g/mol. The van der Waals surface area contributed by atoms with Gasteiger partial charge in [0.1, 0.15) is 0 Å². The lowest BCUT2D eigenvalue weighted by Gasteiger charge is -2.32. The molecule has 7 heteroatoms. The topological polar surface area (TPSA) is 71.9 Å². The molecule has 0 atom stereocenters. The van der Waals surface area contributed by atoms with Gasteiger partial charge in [-0.25, -0.2) is 9.97 Å². The van der Waals surface area contributed by atoms with Crippen molar-refractivity contribution >= 4 is 17.2 Å². The van der Waals surface area contributed by atoms with Crippen LogP contribution in [-0.2, 0) is 0 Å². The van der Waals surface area contributed by atoms with Crippen molar-refractivity contribution in [1.82, 2.24) is 24.8 Å². The van der Waals surface area contributed by atoms with E-state index in [0.717, 1.165) is 53.2 Å². The van der Waals surface area contributed by atoms with Crippen LogP contribution in [0.15, 0.2) is 72.8 Å². The van der Waals surface area contributed by atoms with Crippen LogP contribution in [0, 0.1) is 0 Å². The number of hydrogen-bond acceptors (Lipinski definition) is 6. The third-order valence-electron chi connectivity index (χ3n) is 5.63. The fourth-order valence-electron chi connectivity index (χ4n) is 4.01. The molecule has 1 aliphatic heterocycles. The van der Waals surface area contributed by atoms with Crippen molar-refractivity contribution < 1.29 is 4.79 Å². The molecule has 0 N–H and O–H groups in total. The Balaban J connectivity index is 1.45. The molecule has 6 nitrogen and oxygen atoms in total. The van der Waals surface area contributed by atoms with E-state index in [1.807, 2.05) is 52.9 Å². The molecule has 31 heavy (non-hydrogen) atoms. The molecule has 154 valence electrons. The Hall–Kier alpha value is -3.45. The van der Waals surface area contributed by atoms with Gasteiger partial charge in [-0.2, -0.15) is 0 Å². The minimum absolute atomic E-state index is 0.126. The Morgan fingerprint density at radius 2 is 1.77 bits per heavy atom. The Labute approximate surface area is 184 Å². The molecule has 0 saturated carbocycles. The van der Waals surface area contributed by atoms with Crippen LogP contribution in [-0.4, -0.2) is 43.8 Å². The number of piperidine rings is 1. The molecule has 5 heterocycles. The smallest absolute Gasteiger partial charge is 0.263 e. The highest BCUT2D eigenvalue weighted by Crippen LogP contribution is 2.35. The molecule has 1 saturated heterocycles. The van der Waals surface area contributed by atoms with Gasteiger partial charge in [-0.15, -0.1) is 11.3 Å². The molecule has 0 bridgehead atoms. The summed E-state index contributed by atoms with van der Waals surface area (Å²) in [6.07, 6.45) is 10.8. The van der Waals surface area contributed by atoms with Crippen LogP contribution in [0.2, 0.25) is 0 Å². The van der Waals surface area contributed by atoms with Gasteiger partial charge in [0.25, 0.3) is 5.91 Å². The van der Waals surface area contributed by atoms with E-state index < -0.39 is 0 Å². The third-order valence-corrected chi connectivity index (χ3v) is 6.49. The van der Waals surface area contributed by atoms with E-state index in [1.165, 1.54) is 11.3 Å². The second kappa shape index (κ2) is 8.73. The highest BCUT2D eigenvalue weighted by atomic mass is 32.1. The number of amides is 1. The lowest BCUT2D eigenvalue weighted by molar-refractivity contribution is 0.0717. The summed E-state index contributed by atoms with van der Waals surface area (Å²) in [5.74, 6) is 1.06. The van der Waals surface area contributed by atoms with Crippen LogP contribution in [0.1, 0.15) is 34.1 Å². The molecule has 1 aliphatic rings. The Bertz CT molecular complexity index is 1160. The molecule has 1 amide bonds. The maximum Gasteiger partial charge on any atom is 0.263 e. The normalized spacial score (nSPS) is 14.5. The van der Waals surface area contributed by atoms with Crippen LogP contribution in [0.5, 0.6) is 0 Å². The van der Waals surface area contributed by atoms with Gasteiger partial charge >= 0.3 is 0 Å². The zero-order valence-electron chi connectivity index (χ0n) is 16.9. The van der Waals surface area contributed by atoms with Crippen molar-refractivity contribution in [2.24, 2.45) is 0 Å². The standard InChI is InChI=1S/C24H21N5OS/c30-24(21-4-2-14-31-21)29-12-7-18(8-13-29)22-20(17-5-10-25-11-6-17)16-27-23(28-22)19-3-1-9-26-15-19/h1-6,9-11,14-16,18H,7-8,12-13H2. The molecular formula is C24H21N5OS. The summed E-state index contributed by atoms with van der Waals surface area (Å²) in [6.45, 7) is 1.45. The number of thiophene rings is 1. The van der Waals surface area contributed by atoms with Crippen LogP contribution < -0.4 is 0 Å². The van der Waals surface area contributed by atoms with Crippen molar-refractivity contribution in [2.45, 2.75) is 18.8 Å². The lowest BCUT2D eigenvalue weighted by atomic mass is 9.89. The molecule has 0 unspecified atom stereocenters. The summed E-state index contributed by atoms with van der Waals surface area (Å²) >= 11 is 1.50. The SMILES string of the molecule is O=C(c1cccs1)N1CCC(c2nc(-c3cccnc3)ncc2-c2ccncc2)CC1. The fraction of sp³-hybridized carbons (Fsp3) is 0.208. The Kier molecular flexibility index (Phi) is 5.50. The third kappa shape index (κ3) is 4.09. The van der Waals surface area contributed by atoms with Gasteiger partial charge in [-0.05, 0) is 54.1 Å². The Morgan fingerprint density at radius 1 is 0.935 bits per heavy atom. The van der Waals surface area contributed by atoms with Crippen molar-refractivity contribution in [1.29, 1.82) is 0 Å². The van der Waals surface area contributed by atoms with Crippen molar-refractivity contribution in [3.05, 3.63) is 83.3 Å². The first kappa shape index (κ1) is 19.5. The molecule has 5 rings (SSSR count). The molecule has 0 aliphatic carbocycles. The number of rotatable bonds is 4. The van der Waals surface area contributed by atoms with Crippen molar-refractivity contribution in [2.75, 3.05) is 13.1 Å². The van der Waals surface area contributed by atoms with Crippen molar-refractivity contribution in [3.8, 4) is 22.5 Å². The highest BCUT2D eigenvalue weighted by Gasteiger charge is 2.28. The molecule has 1 fully saturated rings. The van der Waals surface area contributed by atoms with Crippen LogP contribution in [0.4, 0.5) is 0 Å². The van der Waals surface area contributed by atoms with E-state index in [4.69, 9.17) is 4.98 Å².